The van der Waals surface area contributed by atoms with Gasteiger partial charge in [0, 0.05) is 24.0 Å². The molecule has 2 nitrogen and oxygen atoms in total. The molecule has 14 heavy (non-hydrogen) atoms. The summed E-state index contributed by atoms with van der Waals surface area (Å²) in [7, 11) is 0. The third kappa shape index (κ3) is 3.33. The number of hydrogen-bond acceptors (Lipinski definition) is 3. The van der Waals surface area contributed by atoms with E-state index in [-0.39, 0.29) is 0 Å². The largest absolute Gasteiger partial charge is 0.329 e. The van der Waals surface area contributed by atoms with Gasteiger partial charge in [0.2, 0.25) is 0 Å². The summed E-state index contributed by atoms with van der Waals surface area (Å²) in [5, 5.41) is 3.38. The molecular formula is C11H18N2S. The van der Waals surface area contributed by atoms with Gasteiger partial charge < -0.3 is 11.1 Å². The lowest BCUT2D eigenvalue weighted by Gasteiger charge is -2.13. The van der Waals surface area contributed by atoms with Crippen molar-refractivity contribution in [1.82, 2.24) is 5.32 Å². The molecule has 3 N–H and O–H groups in total. The van der Waals surface area contributed by atoms with E-state index in [0.717, 1.165) is 6.54 Å². The Morgan fingerprint density at radius 3 is 2.79 bits per heavy atom. The average molecular weight is 210 g/mol. The second-order valence-corrected chi connectivity index (χ2v) is 4.18. The predicted molar refractivity (Wildman–Crippen MR) is 63.6 cm³/mol. The summed E-state index contributed by atoms with van der Waals surface area (Å²) in [6, 6.07) is 8.83. The maximum Gasteiger partial charge on any atom is 0.0219 e. The van der Waals surface area contributed by atoms with Gasteiger partial charge in [-0.2, -0.15) is 0 Å². The maximum atomic E-state index is 5.54. The quantitative estimate of drug-likeness (QED) is 0.728. The van der Waals surface area contributed by atoms with Crippen LogP contribution in [0.2, 0.25) is 0 Å². The summed E-state index contributed by atoms with van der Waals surface area (Å²) >= 11 is 1.78. The van der Waals surface area contributed by atoms with Crippen molar-refractivity contribution in [3.63, 3.8) is 0 Å². The van der Waals surface area contributed by atoms with Crippen molar-refractivity contribution in [2.24, 2.45) is 5.73 Å². The summed E-state index contributed by atoms with van der Waals surface area (Å²) < 4.78 is 0. The van der Waals surface area contributed by atoms with E-state index in [0.29, 0.717) is 12.6 Å². The van der Waals surface area contributed by atoms with Crippen molar-refractivity contribution in [2.75, 3.05) is 12.8 Å². The first-order valence-corrected chi connectivity index (χ1v) is 6.05. The van der Waals surface area contributed by atoms with Crippen LogP contribution in [0.1, 0.15) is 12.5 Å². The third-order valence-electron chi connectivity index (χ3n) is 2.19. The maximum absolute atomic E-state index is 5.54. The van der Waals surface area contributed by atoms with Gasteiger partial charge in [0.15, 0.2) is 0 Å². The lowest BCUT2D eigenvalue weighted by Crippen LogP contribution is -2.32. The Morgan fingerprint density at radius 1 is 1.43 bits per heavy atom. The Labute approximate surface area is 90.3 Å². The van der Waals surface area contributed by atoms with E-state index in [1.54, 1.807) is 11.8 Å². The lowest BCUT2D eigenvalue weighted by atomic mass is 10.2. The van der Waals surface area contributed by atoms with Gasteiger partial charge in [-0.3, -0.25) is 0 Å². The minimum atomic E-state index is 0.380. The number of hydrogen-bond donors (Lipinski definition) is 2. The Kier molecular flexibility index (Phi) is 5.01. The second-order valence-electron chi connectivity index (χ2n) is 3.33. The van der Waals surface area contributed by atoms with E-state index >= 15 is 0 Å². The van der Waals surface area contributed by atoms with Gasteiger partial charge in [-0.15, -0.1) is 11.8 Å². The van der Waals surface area contributed by atoms with Gasteiger partial charge in [-0.25, -0.2) is 0 Å². The fraction of sp³-hybridized carbons (Fsp3) is 0.455. The van der Waals surface area contributed by atoms with Crippen LogP contribution < -0.4 is 11.1 Å². The molecule has 0 unspecified atom stereocenters. The Morgan fingerprint density at radius 2 is 2.14 bits per heavy atom. The van der Waals surface area contributed by atoms with Crippen molar-refractivity contribution in [2.45, 2.75) is 24.4 Å². The van der Waals surface area contributed by atoms with Crippen molar-refractivity contribution >= 4 is 11.8 Å². The zero-order valence-electron chi connectivity index (χ0n) is 8.79. The molecule has 1 rings (SSSR count). The number of rotatable bonds is 5. The van der Waals surface area contributed by atoms with E-state index in [9.17, 15) is 0 Å². The molecule has 1 aromatic rings. The van der Waals surface area contributed by atoms with Crippen LogP contribution in [0.3, 0.4) is 0 Å². The van der Waals surface area contributed by atoms with Crippen LogP contribution in [0, 0.1) is 0 Å². The van der Waals surface area contributed by atoms with Crippen LogP contribution >= 0.6 is 11.8 Å². The molecule has 0 bridgehead atoms. The predicted octanol–water partition coefficient (Wildman–Crippen LogP) is 1.85. The molecule has 0 heterocycles. The van der Waals surface area contributed by atoms with Crippen molar-refractivity contribution in [3.8, 4) is 0 Å². The topological polar surface area (TPSA) is 38.0 Å². The summed E-state index contributed by atoms with van der Waals surface area (Å²) in [6.07, 6.45) is 2.10. The molecule has 0 spiro atoms. The molecule has 3 heteroatoms. The summed E-state index contributed by atoms with van der Waals surface area (Å²) in [5.41, 5.74) is 6.89. The molecule has 0 saturated carbocycles. The lowest BCUT2D eigenvalue weighted by molar-refractivity contribution is 0.553. The molecule has 0 aromatic heterocycles. The number of nitrogens with one attached hydrogen (secondary N) is 1. The molecule has 0 saturated heterocycles. The molecule has 0 aliphatic heterocycles. The van der Waals surface area contributed by atoms with Crippen LogP contribution in [0.15, 0.2) is 29.2 Å². The van der Waals surface area contributed by atoms with Crippen LogP contribution in [-0.2, 0) is 6.54 Å². The molecule has 0 amide bonds. The molecule has 78 valence electrons. The summed E-state index contributed by atoms with van der Waals surface area (Å²) in [4.78, 5) is 1.34. The number of nitrogens with two attached hydrogens (primary N) is 1. The van der Waals surface area contributed by atoms with Crippen LogP contribution in [-0.4, -0.2) is 18.8 Å². The van der Waals surface area contributed by atoms with Crippen LogP contribution in [0.5, 0.6) is 0 Å². The van der Waals surface area contributed by atoms with E-state index < -0.39 is 0 Å². The van der Waals surface area contributed by atoms with Crippen molar-refractivity contribution in [1.29, 1.82) is 0 Å². The van der Waals surface area contributed by atoms with E-state index in [1.807, 2.05) is 0 Å². The molecule has 1 atom stereocenters. The first kappa shape index (κ1) is 11.6. The Balaban J connectivity index is 2.57. The molecule has 0 fully saturated rings. The molecular weight excluding hydrogens is 192 g/mol. The smallest absolute Gasteiger partial charge is 0.0219 e. The molecule has 0 radical (unpaired) electrons. The molecule has 0 aliphatic rings. The SMILES string of the molecule is CSc1ccccc1CN[C@@H](C)CN. The van der Waals surface area contributed by atoms with Gasteiger partial charge in [0.05, 0.1) is 0 Å². The first-order valence-electron chi connectivity index (χ1n) is 4.83. The number of benzene rings is 1. The van der Waals surface area contributed by atoms with E-state index in [4.69, 9.17) is 5.73 Å². The Hall–Kier alpha value is -0.510. The highest BCUT2D eigenvalue weighted by atomic mass is 32.2. The normalized spacial score (nSPS) is 12.8. The third-order valence-corrected chi connectivity index (χ3v) is 3.03. The van der Waals surface area contributed by atoms with Gasteiger partial charge in [0.25, 0.3) is 0 Å². The minimum absolute atomic E-state index is 0.380. The van der Waals surface area contributed by atoms with Crippen LogP contribution in [0.25, 0.3) is 0 Å². The minimum Gasteiger partial charge on any atom is -0.329 e. The standard InChI is InChI=1S/C11H18N2S/c1-9(7-12)13-8-10-5-3-4-6-11(10)14-2/h3-6,9,13H,7-8,12H2,1-2H3/t9-/m0/s1. The van der Waals surface area contributed by atoms with Crippen LogP contribution in [0.4, 0.5) is 0 Å². The zero-order chi connectivity index (χ0) is 10.4. The average Bonchev–Trinajstić information content (AvgIpc) is 2.26. The second kappa shape index (κ2) is 6.06. The number of thioether (sulfide) groups is 1. The zero-order valence-corrected chi connectivity index (χ0v) is 9.60. The molecule has 1 aromatic carbocycles. The highest BCUT2D eigenvalue weighted by Crippen LogP contribution is 2.19. The summed E-state index contributed by atoms with van der Waals surface area (Å²) in [5.74, 6) is 0. The van der Waals surface area contributed by atoms with Gasteiger partial charge in [-0.05, 0) is 24.8 Å². The summed E-state index contributed by atoms with van der Waals surface area (Å²) in [6.45, 7) is 3.68. The van der Waals surface area contributed by atoms with Crippen molar-refractivity contribution < 1.29 is 0 Å². The van der Waals surface area contributed by atoms with E-state index in [1.165, 1.54) is 10.5 Å². The van der Waals surface area contributed by atoms with E-state index in [2.05, 4.69) is 42.8 Å². The first-order chi connectivity index (χ1) is 6.77. The van der Waals surface area contributed by atoms with Crippen molar-refractivity contribution in [3.05, 3.63) is 29.8 Å². The molecule has 0 aliphatic carbocycles. The van der Waals surface area contributed by atoms with Gasteiger partial charge in [0.1, 0.15) is 0 Å². The Bertz CT molecular complexity index is 276. The van der Waals surface area contributed by atoms with Gasteiger partial charge in [-0.1, -0.05) is 18.2 Å². The highest BCUT2D eigenvalue weighted by molar-refractivity contribution is 7.98. The monoisotopic (exact) mass is 210 g/mol. The highest BCUT2D eigenvalue weighted by Gasteiger charge is 2.02. The van der Waals surface area contributed by atoms with Gasteiger partial charge >= 0.3 is 0 Å². The fourth-order valence-electron chi connectivity index (χ4n) is 1.22. The fourth-order valence-corrected chi connectivity index (χ4v) is 1.83.